The molecule has 2 aromatic carbocycles. The fourth-order valence-corrected chi connectivity index (χ4v) is 2.87. The van der Waals surface area contributed by atoms with E-state index in [2.05, 4.69) is 11.1 Å². The zero-order valence-corrected chi connectivity index (χ0v) is 11.9. The van der Waals surface area contributed by atoms with Gasteiger partial charge in [-0.15, -0.1) is 11.3 Å². The second kappa shape index (κ2) is 5.61. The standard InChI is InChI=1S/C16H15NO2S/c1-11(18)12-5-4-6-13(9-12)19-10-16-17-14-7-2-3-8-15(14)20-16/h2-9,11,18H,10H2,1H3/t11-/m1/s1. The van der Waals surface area contributed by atoms with Gasteiger partial charge in [0.25, 0.3) is 0 Å². The molecule has 102 valence electrons. The summed E-state index contributed by atoms with van der Waals surface area (Å²) < 4.78 is 6.92. The van der Waals surface area contributed by atoms with E-state index >= 15 is 0 Å². The third kappa shape index (κ3) is 2.81. The summed E-state index contributed by atoms with van der Waals surface area (Å²) >= 11 is 1.64. The number of para-hydroxylation sites is 1. The molecule has 0 fully saturated rings. The van der Waals surface area contributed by atoms with Crippen LogP contribution in [0.4, 0.5) is 0 Å². The van der Waals surface area contributed by atoms with E-state index < -0.39 is 6.10 Å². The molecule has 0 saturated carbocycles. The summed E-state index contributed by atoms with van der Waals surface area (Å²) in [6.07, 6.45) is -0.485. The fraction of sp³-hybridized carbons (Fsp3) is 0.188. The molecule has 4 heteroatoms. The van der Waals surface area contributed by atoms with Gasteiger partial charge in [0, 0.05) is 0 Å². The van der Waals surface area contributed by atoms with Crippen molar-refractivity contribution >= 4 is 21.6 Å². The second-order valence-electron chi connectivity index (χ2n) is 4.61. The zero-order valence-electron chi connectivity index (χ0n) is 11.1. The molecule has 1 N–H and O–H groups in total. The zero-order chi connectivity index (χ0) is 13.9. The summed E-state index contributed by atoms with van der Waals surface area (Å²) in [5.41, 5.74) is 1.86. The molecule has 3 nitrogen and oxygen atoms in total. The van der Waals surface area contributed by atoms with Crippen molar-refractivity contribution in [3.05, 3.63) is 59.1 Å². The molecule has 0 bridgehead atoms. The van der Waals surface area contributed by atoms with E-state index in [0.29, 0.717) is 6.61 Å². The molecule has 0 aliphatic heterocycles. The molecular weight excluding hydrogens is 270 g/mol. The molecule has 1 aromatic heterocycles. The van der Waals surface area contributed by atoms with Crippen LogP contribution < -0.4 is 4.74 Å². The van der Waals surface area contributed by atoms with Crippen molar-refractivity contribution in [3.63, 3.8) is 0 Å². The maximum Gasteiger partial charge on any atom is 0.140 e. The lowest BCUT2D eigenvalue weighted by molar-refractivity contribution is 0.198. The molecule has 20 heavy (non-hydrogen) atoms. The number of thiazole rings is 1. The molecule has 1 heterocycles. The van der Waals surface area contributed by atoms with Gasteiger partial charge in [-0.1, -0.05) is 24.3 Å². The van der Waals surface area contributed by atoms with Crippen LogP contribution in [0.25, 0.3) is 10.2 Å². The van der Waals surface area contributed by atoms with Crippen LogP contribution >= 0.6 is 11.3 Å². The Morgan fingerprint density at radius 2 is 2.05 bits per heavy atom. The Bertz CT molecular complexity index is 688. The molecule has 3 rings (SSSR count). The molecule has 0 saturated heterocycles. The molecule has 0 aliphatic rings. The maximum atomic E-state index is 9.56. The van der Waals surface area contributed by atoms with Crippen LogP contribution in [0.2, 0.25) is 0 Å². The minimum absolute atomic E-state index is 0.447. The van der Waals surface area contributed by atoms with Gasteiger partial charge < -0.3 is 9.84 Å². The van der Waals surface area contributed by atoms with Crippen LogP contribution in [-0.4, -0.2) is 10.1 Å². The summed E-state index contributed by atoms with van der Waals surface area (Å²) in [5.74, 6) is 0.752. The predicted molar refractivity (Wildman–Crippen MR) is 81.0 cm³/mol. The van der Waals surface area contributed by atoms with Crippen LogP contribution in [0, 0.1) is 0 Å². The van der Waals surface area contributed by atoms with Gasteiger partial charge in [-0.3, -0.25) is 0 Å². The minimum Gasteiger partial charge on any atom is -0.486 e. The fourth-order valence-electron chi connectivity index (χ4n) is 1.99. The van der Waals surface area contributed by atoms with Crippen LogP contribution in [0.5, 0.6) is 5.75 Å². The van der Waals surface area contributed by atoms with Gasteiger partial charge in [0.05, 0.1) is 16.3 Å². The van der Waals surface area contributed by atoms with Gasteiger partial charge >= 0.3 is 0 Å². The Labute approximate surface area is 121 Å². The highest BCUT2D eigenvalue weighted by atomic mass is 32.1. The quantitative estimate of drug-likeness (QED) is 0.789. The van der Waals surface area contributed by atoms with Crippen molar-refractivity contribution in [2.24, 2.45) is 0 Å². The number of aromatic nitrogens is 1. The molecule has 0 amide bonds. The van der Waals surface area contributed by atoms with E-state index in [1.54, 1.807) is 18.3 Å². The van der Waals surface area contributed by atoms with Crippen molar-refractivity contribution in [2.75, 3.05) is 0 Å². The largest absolute Gasteiger partial charge is 0.486 e. The first kappa shape index (κ1) is 13.1. The van der Waals surface area contributed by atoms with Crippen LogP contribution in [-0.2, 0) is 6.61 Å². The number of nitrogens with zero attached hydrogens (tertiary/aromatic N) is 1. The topological polar surface area (TPSA) is 42.4 Å². The van der Waals surface area contributed by atoms with Crippen LogP contribution in [0.3, 0.4) is 0 Å². The van der Waals surface area contributed by atoms with Crippen LogP contribution in [0.1, 0.15) is 23.6 Å². The van der Waals surface area contributed by atoms with Gasteiger partial charge in [0.2, 0.25) is 0 Å². The number of hydrogen-bond acceptors (Lipinski definition) is 4. The molecule has 0 radical (unpaired) electrons. The Balaban J connectivity index is 1.74. The monoisotopic (exact) mass is 285 g/mol. The number of hydrogen-bond donors (Lipinski definition) is 1. The van der Waals surface area contributed by atoms with Crippen molar-refractivity contribution in [1.29, 1.82) is 0 Å². The van der Waals surface area contributed by atoms with E-state index in [-0.39, 0.29) is 0 Å². The van der Waals surface area contributed by atoms with E-state index in [1.165, 1.54) is 4.70 Å². The first-order valence-electron chi connectivity index (χ1n) is 6.47. The molecular formula is C16H15NO2S. The molecule has 3 aromatic rings. The van der Waals surface area contributed by atoms with Gasteiger partial charge in [0.15, 0.2) is 0 Å². The third-order valence-corrected chi connectivity index (χ3v) is 4.05. The van der Waals surface area contributed by atoms with Gasteiger partial charge in [-0.05, 0) is 36.8 Å². The molecule has 1 atom stereocenters. The lowest BCUT2D eigenvalue weighted by Gasteiger charge is -2.08. The van der Waals surface area contributed by atoms with E-state index in [1.807, 2.05) is 42.5 Å². The number of aliphatic hydroxyl groups excluding tert-OH is 1. The minimum atomic E-state index is -0.485. The smallest absolute Gasteiger partial charge is 0.140 e. The van der Waals surface area contributed by atoms with Gasteiger partial charge in [-0.25, -0.2) is 4.98 Å². The average Bonchev–Trinajstić information content (AvgIpc) is 2.88. The summed E-state index contributed by atoms with van der Waals surface area (Å²) in [4.78, 5) is 4.53. The highest BCUT2D eigenvalue weighted by Gasteiger charge is 2.05. The summed E-state index contributed by atoms with van der Waals surface area (Å²) in [6.45, 7) is 2.19. The first-order chi connectivity index (χ1) is 9.72. The summed E-state index contributed by atoms with van der Waals surface area (Å²) in [5, 5.41) is 10.5. The van der Waals surface area contributed by atoms with Crippen molar-refractivity contribution in [2.45, 2.75) is 19.6 Å². The highest BCUT2D eigenvalue weighted by Crippen LogP contribution is 2.24. The Kier molecular flexibility index (Phi) is 3.67. The maximum absolute atomic E-state index is 9.56. The van der Waals surface area contributed by atoms with E-state index in [0.717, 1.165) is 21.8 Å². The second-order valence-corrected chi connectivity index (χ2v) is 5.73. The first-order valence-corrected chi connectivity index (χ1v) is 7.29. The van der Waals surface area contributed by atoms with Crippen LogP contribution in [0.15, 0.2) is 48.5 Å². The number of benzene rings is 2. The number of ether oxygens (including phenoxy) is 1. The normalized spacial score (nSPS) is 12.5. The van der Waals surface area contributed by atoms with Crippen molar-refractivity contribution in [1.82, 2.24) is 4.98 Å². The van der Waals surface area contributed by atoms with Crippen molar-refractivity contribution in [3.8, 4) is 5.75 Å². The summed E-state index contributed by atoms with van der Waals surface area (Å²) in [6, 6.07) is 15.6. The Morgan fingerprint density at radius 1 is 1.20 bits per heavy atom. The Hall–Kier alpha value is -1.91. The van der Waals surface area contributed by atoms with E-state index in [9.17, 15) is 5.11 Å². The van der Waals surface area contributed by atoms with Gasteiger partial charge in [0.1, 0.15) is 17.4 Å². The summed E-state index contributed by atoms with van der Waals surface area (Å²) in [7, 11) is 0. The number of aliphatic hydroxyl groups is 1. The van der Waals surface area contributed by atoms with E-state index in [4.69, 9.17) is 4.74 Å². The molecule has 0 unspecified atom stereocenters. The Morgan fingerprint density at radius 3 is 2.85 bits per heavy atom. The van der Waals surface area contributed by atoms with Crippen molar-refractivity contribution < 1.29 is 9.84 Å². The lowest BCUT2D eigenvalue weighted by atomic mass is 10.1. The SMILES string of the molecule is C[C@@H](O)c1cccc(OCc2nc3ccccc3s2)c1. The number of rotatable bonds is 4. The third-order valence-electron chi connectivity index (χ3n) is 3.04. The lowest BCUT2D eigenvalue weighted by Crippen LogP contribution is -1.96. The number of fused-ring (bicyclic) bond motifs is 1. The highest BCUT2D eigenvalue weighted by molar-refractivity contribution is 7.18. The predicted octanol–water partition coefficient (Wildman–Crippen LogP) is 3.93. The van der Waals surface area contributed by atoms with Gasteiger partial charge in [-0.2, -0.15) is 0 Å². The molecule has 0 aliphatic carbocycles. The average molecular weight is 285 g/mol. The molecule has 0 spiro atoms.